The predicted octanol–water partition coefficient (Wildman–Crippen LogP) is 2.29. The summed E-state index contributed by atoms with van der Waals surface area (Å²) in [6.45, 7) is 11.0. The van der Waals surface area contributed by atoms with Gasteiger partial charge in [-0.3, -0.25) is 4.79 Å². The molecule has 0 aliphatic rings. The highest BCUT2D eigenvalue weighted by Crippen LogP contribution is 2.19. The van der Waals surface area contributed by atoms with Crippen LogP contribution in [0.3, 0.4) is 0 Å². The van der Waals surface area contributed by atoms with E-state index < -0.39 is 6.04 Å². The topological polar surface area (TPSA) is 46.3 Å². The number of nitrogens with two attached hydrogens (primary N) is 1. The number of carbonyl (C=O) groups excluding carboxylic acids is 1. The second-order valence-electron chi connectivity index (χ2n) is 5.58. The summed E-state index contributed by atoms with van der Waals surface area (Å²) < 4.78 is 0. The van der Waals surface area contributed by atoms with Crippen molar-refractivity contribution >= 4 is 18.3 Å². The van der Waals surface area contributed by atoms with Gasteiger partial charge in [0.2, 0.25) is 5.91 Å². The van der Waals surface area contributed by atoms with E-state index in [1.807, 2.05) is 27.8 Å². The third-order valence-electron chi connectivity index (χ3n) is 2.86. The molecule has 98 valence electrons. The SMILES string of the molecule is CCC(C)CN(C)C(=O)[C@@H](N)C(C)(C)C.Cl. The second-order valence-corrected chi connectivity index (χ2v) is 5.58. The zero-order valence-corrected chi connectivity index (χ0v) is 12.2. The van der Waals surface area contributed by atoms with Crippen molar-refractivity contribution in [1.29, 1.82) is 0 Å². The molecule has 0 bridgehead atoms. The molecule has 3 nitrogen and oxygen atoms in total. The van der Waals surface area contributed by atoms with E-state index in [0.29, 0.717) is 5.92 Å². The summed E-state index contributed by atoms with van der Waals surface area (Å²) >= 11 is 0. The van der Waals surface area contributed by atoms with E-state index in [9.17, 15) is 4.79 Å². The minimum absolute atomic E-state index is 0. The number of amides is 1. The third-order valence-corrected chi connectivity index (χ3v) is 2.86. The molecule has 2 N–H and O–H groups in total. The van der Waals surface area contributed by atoms with Gasteiger partial charge in [-0.15, -0.1) is 12.4 Å². The minimum Gasteiger partial charge on any atom is -0.344 e. The molecule has 0 saturated heterocycles. The molecular weight excluding hydrogens is 224 g/mol. The van der Waals surface area contributed by atoms with Gasteiger partial charge in [0.1, 0.15) is 0 Å². The van der Waals surface area contributed by atoms with Crippen LogP contribution in [0.5, 0.6) is 0 Å². The highest BCUT2D eigenvalue weighted by Gasteiger charge is 2.29. The van der Waals surface area contributed by atoms with E-state index in [1.165, 1.54) is 0 Å². The molecule has 0 aromatic heterocycles. The summed E-state index contributed by atoms with van der Waals surface area (Å²) in [5.74, 6) is 0.578. The molecule has 1 amide bonds. The Balaban J connectivity index is 0. The number of nitrogens with zero attached hydrogens (tertiary/aromatic N) is 1. The Labute approximate surface area is 106 Å². The molecule has 16 heavy (non-hydrogen) atoms. The average Bonchev–Trinajstić information content (AvgIpc) is 2.13. The van der Waals surface area contributed by atoms with Gasteiger partial charge in [0, 0.05) is 13.6 Å². The summed E-state index contributed by atoms with van der Waals surface area (Å²) in [4.78, 5) is 13.7. The maximum Gasteiger partial charge on any atom is 0.239 e. The number of hydrogen-bond donors (Lipinski definition) is 1. The maximum atomic E-state index is 11.9. The van der Waals surface area contributed by atoms with Gasteiger partial charge in [0.25, 0.3) is 0 Å². The van der Waals surface area contributed by atoms with Crippen LogP contribution in [0.2, 0.25) is 0 Å². The molecule has 0 aromatic carbocycles. The second kappa shape index (κ2) is 7.13. The van der Waals surface area contributed by atoms with Crippen LogP contribution >= 0.6 is 12.4 Å². The largest absolute Gasteiger partial charge is 0.344 e. The van der Waals surface area contributed by atoms with E-state index in [0.717, 1.165) is 13.0 Å². The van der Waals surface area contributed by atoms with Crippen molar-refractivity contribution in [3.05, 3.63) is 0 Å². The molecular formula is C12H27ClN2O. The lowest BCUT2D eigenvalue weighted by molar-refractivity contribution is -0.134. The fourth-order valence-corrected chi connectivity index (χ4v) is 1.29. The first-order valence-corrected chi connectivity index (χ1v) is 5.70. The molecule has 0 heterocycles. The van der Waals surface area contributed by atoms with Crippen LogP contribution in [0, 0.1) is 11.3 Å². The number of carbonyl (C=O) groups is 1. The molecule has 0 aliphatic carbocycles. The fraction of sp³-hybridized carbons (Fsp3) is 0.917. The lowest BCUT2D eigenvalue weighted by Crippen LogP contribution is -2.50. The van der Waals surface area contributed by atoms with Gasteiger partial charge in [-0.1, -0.05) is 41.0 Å². The lowest BCUT2D eigenvalue weighted by Gasteiger charge is -2.31. The Bertz CT molecular complexity index is 214. The van der Waals surface area contributed by atoms with Gasteiger partial charge in [-0.25, -0.2) is 0 Å². The molecule has 2 atom stereocenters. The maximum absolute atomic E-state index is 11.9. The molecule has 0 saturated carbocycles. The smallest absolute Gasteiger partial charge is 0.239 e. The van der Waals surface area contributed by atoms with Crippen molar-refractivity contribution in [2.24, 2.45) is 17.1 Å². The standard InChI is InChI=1S/C12H26N2O.ClH/c1-7-9(2)8-14(6)11(15)10(13)12(3,4)5;/h9-10H,7-8,13H2,1-6H3;1H/t9?,10-;/m1./s1. The highest BCUT2D eigenvalue weighted by atomic mass is 35.5. The van der Waals surface area contributed by atoms with Crippen molar-refractivity contribution in [3.63, 3.8) is 0 Å². The molecule has 0 rings (SSSR count). The fourth-order valence-electron chi connectivity index (χ4n) is 1.29. The predicted molar refractivity (Wildman–Crippen MR) is 71.8 cm³/mol. The summed E-state index contributed by atoms with van der Waals surface area (Å²) in [6, 6.07) is -0.411. The Morgan fingerprint density at radius 3 is 2.12 bits per heavy atom. The van der Waals surface area contributed by atoms with Gasteiger partial charge < -0.3 is 10.6 Å². The van der Waals surface area contributed by atoms with E-state index in [2.05, 4.69) is 13.8 Å². The van der Waals surface area contributed by atoms with Crippen molar-refractivity contribution in [3.8, 4) is 0 Å². The van der Waals surface area contributed by atoms with E-state index >= 15 is 0 Å². The van der Waals surface area contributed by atoms with Crippen molar-refractivity contribution in [1.82, 2.24) is 4.90 Å². The summed E-state index contributed by atoms with van der Waals surface area (Å²) in [5.41, 5.74) is 5.76. The van der Waals surface area contributed by atoms with Crippen LogP contribution in [0.25, 0.3) is 0 Å². The molecule has 4 heteroatoms. The number of likely N-dealkylation sites (N-methyl/N-ethyl adjacent to an activating group) is 1. The van der Waals surface area contributed by atoms with Crippen molar-refractivity contribution in [2.45, 2.75) is 47.1 Å². The van der Waals surface area contributed by atoms with Crippen LogP contribution in [0.15, 0.2) is 0 Å². The summed E-state index contributed by atoms with van der Waals surface area (Å²) in [6.07, 6.45) is 1.09. The monoisotopic (exact) mass is 250 g/mol. The van der Waals surface area contributed by atoms with Gasteiger partial charge >= 0.3 is 0 Å². The molecule has 0 aliphatic heterocycles. The summed E-state index contributed by atoms with van der Waals surface area (Å²) in [5, 5.41) is 0. The van der Waals surface area contributed by atoms with Crippen LogP contribution in [-0.4, -0.2) is 30.4 Å². The summed E-state index contributed by atoms with van der Waals surface area (Å²) in [7, 11) is 1.83. The molecule has 1 unspecified atom stereocenters. The molecule has 0 radical (unpaired) electrons. The van der Waals surface area contributed by atoms with E-state index in [-0.39, 0.29) is 23.7 Å². The Morgan fingerprint density at radius 1 is 1.38 bits per heavy atom. The van der Waals surface area contributed by atoms with E-state index in [4.69, 9.17) is 5.73 Å². The van der Waals surface area contributed by atoms with Crippen molar-refractivity contribution < 1.29 is 4.79 Å². The average molecular weight is 251 g/mol. The third kappa shape index (κ3) is 5.71. The first kappa shape index (κ1) is 18.1. The Kier molecular flexibility index (Phi) is 8.06. The van der Waals surface area contributed by atoms with Crippen LogP contribution in [-0.2, 0) is 4.79 Å². The minimum atomic E-state index is -0.411. The normalized spacial score (nSPS) is 14.9. The van der Waals surface area contributed by atoms with Crippen LogP contribution < -0.4 is 5.73 Å². The first-order valence-electron chi connectivity index (χ1n) is 5.70. The van der Waals surface area contributed by atoms with Gasteiger partial charge in [0.15, 0.2) is 0 Å². The zero-order chi connectivity index (χ0) is 12.2. The molecule has 0 fully saturated rings. The van der Waals surface area contributed by atoms with E-state index in [1.54, 1.807) is 4.90 Å². The highest BCUT2D eigenvalue weighted by molar-refractivity contribution is 5.85. The number of halogens is 1. The van der Waals surface area contributed by atoms with Gasteiger partial charge in [-0.05, 0) is 11.3 Å². The van der Waals surface area contributed by atoms with Gasteiger partial charge in [0.05, 0.1) is 6.04 Å². The first-order chi connectivity index (χ1) is 6.70. The quantitative estimate of drug-likeness (QED) is 0.832. The van der Waals surface area contributed by atoms with Crippen LogP contribution in [0.1, 0.15) is 41.0 Å². The lowest BCUT2D eigenvalue weighted by atomic mass is 9.86. The Morgan fingerprint density at radius 2 is 1.81 bits per heavy atom. The molecule has 0 spiro atoms. The van der Waals surface area contributed by atoms with Gasteiger partial charge in [-0.2, -0.15) is 0 Å². The Hall–Kier alpha value is -0.280. The zero-order valence-electron chi connectivity index (χ0n) is 11.4. The number of hydrogen-bond acceptors (Lipinski definition) is 2. The number of rotatable bonds is 4. The molecule has 0 aromatic rings. The van der Waals surface area contributed by atoms with Crippen molar-refractivity contribution in [2.75, 3.05) is 13.6 Å². The van der Waals surface area contributed by atoms with Crippen LogP contribution in [0.4, 0.5) is 0 Å².